The number of phenolic OH excluding ortho intramolecular Hbond substituents is 1. The molecule has 4 nitrogen and oxygen atoms in total. The molecule has 1 N–H and O–H groups in total. The second-order valence-electron chi connectivity index (χ2n) is 7.14. The van der Waals surface area contributed by atoms with Gasteiger partial charge in [0.25, 0.3) is 0 Å². The Hall–Kier alpha value is -2.50. The summed E-state index contributed by atoms with van der Waals surface area (Å²) < 4.78 is 0. The topological polar surface area (TPSA) is 58.9 Å². The number of rotatable bonds is 4. The van der Waals surface area contributed by atoms with Gasteiger partial charge in [0.1, 0.15) is 5.75 Å². The van der Waals surface area contributed by atoms with Crippen LogP contribution in [0.4, 0.5) is 0 Å². The molecule has 3 aromatic carbocycles. The van der Waals surface area contributed by atoms with Crippen LogP contribution in [0.25, 0.3) is 45.2 Å². The van der Waals surface area contributed by atoms with Crippen LogP contribution in [0.1, 0.15) is 0 Å². The number of benzene rings is 3. The van der Waals surface area contributed by atoms with Crippen LogP contribution in [0.15, 0.2) is 109 Å². The Morgan fingerprint density at radius 1 is 0.531 bits per heavy atom. The van der Waals surface area contributed by atoms with Crippen LogP contribution in [-0.4, -0.2) is 78.2 Å². The number of phenols is 1. The zero-order chi connectivity index (χ0) is 21.0. The Bertz CT molecular complexity index is 1270. The molecule has 0 fully saturated rings. The first kappa shape index (κ1) is 22.7. The van der Waals surface area contributed by atoms with Gasteiger partial charge in [0.2, 0.25) is 0 Å². The second kappa shape index (κ2) is 10.4. The first-order chi connectivity index (χ1) is 15.3. The molecule has 2 aromatic heterocycles. The van der Waals surface area contributed by atoms with Gasteiger partial charge in [-0.25, -0.2) is 9.97 Å². The predicted octanol–water partition coefficient (Wildman–Crippen LogP) is 5.60. The summed E-state index contributed by atoms with van der Waals surface area (Å²) in [6, 6.07) is 33.1. The Morgan fingerprint density at radius 2 is 1.16 bits per heavy atom. The van der Waals surface area contributed by atoms with E-state index in [0.717, 1.165) is 28.1 Å². The normalized spacial score (nSPS) is 10.4. The average Bonchev–Trinajstić information content (AvgIpc) is 2.86. The maximum absolute atomic E-state index is 10.4. The summed E-state index contributed by atoms with van der Waals surface area (Å²) in [4.78, 5) is 14.1. The molecule has 5 aromatic rings. The third kappa shape index (κ3) is 4.94. The van der Waals surface area contributed by atoms with Crippen molar-refractivity contribution in [1.29, 1.82) is 0 Å². The van der Waals surface area contributed by atoms with Gasteiger partial charge >= 0.3 is 58.2 Å². The molecular weight excluding hydrogens is 468 g/mol. The molecule has 0 spiro atoms. The van der Waals surface area contributed by atoms with Crippen molar-refractivity contribution < 1.29 is 5.11 Å². The molecule has 0 saturated carbocycles. The fourth-order valence-corrected chi connectivity index (χ4v) is 3.49. The summed E-state index contributed by atoms with van der Waals surface area (Å²) in [5.41, 5.74) is 5.86. The van der Waals surface area contributed by atoms with Gasteiger partial charge in [-0.3, -0.25) is 4.98 Å². The SMILES string of the molecule is Oc1ccc(-c2cc(-c3ccccc3)nc(-c3ccccc3)n2)cc1-c1ccccn1.[RbH]. The number of hydrogen-bond donors (Lipinski definition) is 1. The molecular formula is C27H20N3ORb. The van der Waals surface area contributed by atoms with Crippen molar-refractivity contribution in [2.24, 2.45) is 0 Å². The maximum atomic E-state index is 10.4. The van der Waals surface area contributed by atoms with Crippen molar-refractivity contribution in [2.45, 2.75) is 0 Å². The van der Waals surface area contributed by atoms with Crippen LogP contribution >= 0.6 is 0 Å². The zero-order valence-corrected chi connectivity index (χ0v) is 16.7. The Balaban J connectivity index is 0.00000245. The quantitative estimate of drug-likeness (QED) is 0.358. The van der Waals surface area contributed by atoms with Crippen LogP contribution in [-0.2, 0) is 0 Å². The average molecular weight is 488 g/mol. The van der Waals surface area contributed by atoms with Gasteiger partial charge in [-0.15, -0.1) is 0 Å². The molecule has 5 rings (SSSR count). The van der Waals surface area contributed by atoms with Gasteiger partial charge in [-0.2, -0.15) is 0 Å². The van der Waals surface area contributed by atoms with Gasteiger partial charge < -0.3 is 5.11 Å². The Morgan fingerprint density at radius 3 is 1.81 bits per heavy atom. The molecule has 0 radical (unpaired) electrons. The minimum atomic E-state index is 0. The molecule has 0 amide bonds. The molecule has 0 saturated heterocycles. The Kier molecular flexibility index (Phi) is 7.38. The van der Waals surface area contributed by atoms with Gasteiger partial charge in [0.05, 0.1) is 17.1 Å². The van der Waals surface area contributed by atoms with Crippen molar-refractivity contribution in [2.75, 3.05) is 0 Å². The van der Waals surface area contributed by atoms with Gasteiger partial charge in [-0.05, 0) is 36.4 Å². The third-order valence-corrected chi connectivity index (χ3v) is 5.06. The van der Waals surface area contributed by atoms with E-state index >= 15 is 0 Å². The van der Waals surface area contributed by atoms with E-state index in [9.17, 15) is 5.11 Å². The molecule has 0 aliphatic carbocycles. The summed E-state index contributed by atoms with van der Waals surface area (Å²) >= 11 is 0. The van der Waals surface area contributed by atoms with E-state index in [2.05, 4.69) is 4.98 Å². The van der Waals surface area contributed by atoms with E-state index in [-0.39, 0.29) is 63.9 Å². The van der Waals surface area contributed by atoms with Gasteiger partial charge in [-0.1, -0.05) is 66.7 Å². The molecule has 0 bridgehead atoms. The molecule has 32 heavy (non-hydrogen) atoms. The van der Waals surface area contributed by atoms with Gasteiger partial charge in [0.15, 0.2) is 5.82 Å². The number of aromatic nitrogens is 3. The first-order valence-electron chi connectivity index (χ1n) is 10.0. The first-order valence-corrected chi connectivity index (χ1v) is 10.0. The summed E-state index contributed by atoms with van der Waals surface area (Å²) in [6.07, 6.45) is 1.72. The molecule has 0 aliphatic rings. The Labute approximate surface area is 235 Å². The van der Waals surface area contributed by atoms with Crippen LogP contribution in [0.5, 0.6) is 5.75 Å². The van der Waals surface area contributed by atoms with Crippen LogP contribution in [0.2, 0.25) is 0 Å². The summed E-state index contributed by atoms with van der Waals surface area (Å²) in [5.74, 6) is 0.840. The fraction of sp³-hybridized carbons (Fsp3) is 0. The van der Waals surface area contributed by atoms with Crippen molar-refractivity contribution in [3.8, 4) is 50.9 Å². The van der Waals surface area contributed by atoms with Crippen molar-refractivity contribution in [1.82, 2.24) is 15.0 Å². The van der Waals surface area contributed by atoms with E-state index < -0.39 is 0 Å². The van der Waals surface area contributed by atoms with Crippen molar-refractivity contribution >= 4 is 58.2 Å². The third-order valence-electron chi connectivity index (χ3n) is 5.06. The number of nitrogens with zero attached hydrogens (tertiary/aromatic N) is 3. The van der Waals surface area contributed by atoms with Crippen molar-refractivity contribution in [3.05, 3.63) is 109 Å². The fourth-order valence-electron chi connectivity index (χ4n) is 3.49. The monoisotopic (exact) mass is 487 g/mol. The number of aromatic hydroxyl groups is 1. The summed E-state index contributed by atoms with van der Waals surface area (Å²) in [5, 5.41) is 10.4. The van der Waals surface area contributed by atoms with E-state index in [1.54, 1.807) is 12.3 Å². The van der Waals surface area contributed by atoms with E-state index in [0.29, 0.717) is 17.1 Å². The summed E-state index contributed by atoms with van der Waals surface area (Å²) in [7, 11) is 0. The van der Waals surface area contributed by atoms with Crippen LogP contribution in [0.3, 0.4) is 0 Å². The number of hydrogen-bond acceptors (Lipinski definition) is 4. The van der Waals surface area contributed by atoms with Crippen LogP contribution < -0.4 is 0 Å². The minimum absolute atomic E-state index is 0. The predicted molar refractivity (Wildman–Crippen MR) is 130 cm³/mol. The zero-order valence-electron chi connectivity index (χ0n) is 16.7. The second-order valence-corrected chi connectivity index (χ2v) is 7.14. The van der Waals surface area contributed by atoms with E-state index in [1.807, 2.05) is 97.1 Å². The van der Waals surface area contributed by atoms with Crippen molar-refractivity contribution in [3.63, 3.8) is 0 Å². The number of pyridine rings is 1. The molecule has 150 valence electrons. The molecule has 2 heterocycles. The molecule has 0 aliphatic heterocycles. The van der Waals surface area contributed by atoms with E-state index in [4.69, 9.17) is 9.97 Å². The standard InChI is InChI=1S/C27H19N3O.Rb.H/c31-26-15-14-21(17-22(26)23-13-7-8-16-28-23)25-18-24(19-9-3-1-4-10-19)29-27(30-25)20-11-5-2-6-12-20;;/h1-18,31H;;. The molecule has 0 unspecified atom stereocenters. The van der Waals surface area contributed by atoms with Crippen LogP contribution in [0, 0.1) is 0 Å². The molecule has 5 heteroatoms. The van der Waals surface area contributed by atoms with E-state index in [1.165, 1.54) is 0 Å². The van der Waals surface area contributed by atoms with Gasteiger partial charge in [0, 0.05) is 28.5 Å². The summed E-state index contributed by atoms with van der Waals surface area (Å²) in [6.45, 7) is 0. The molecule has 0 atom stereocenters.